The molecule has 2 saturated heterocycles. The molecule has 0 aliphatic carbocycles. The lowest BCUT2D eigenvalue weighted by Crippen LogP contribution is -2.59. The summed E-state index contributed by atoms with van der Waals surface area (Å²) in [6.45, 7) is 9.85. The van der Waals surface area contributed by atoms with E-state index in [1.54, 1.807) is 0 Å². The van der Waals surface area contributed by atoms with Gasteiger partial charge in [-0.15, -0.1) is 0 Å². The largest absolute Gasteiger partial charge is 0.457 e. The Bertz CT molecular complexity index is 767. The average Bonchev–Trinajstić information content (AvgIpc) is 3.48. The van der Waals surface area contributed by atoms with Gasteiger partial charge in [0, 0.05) is 13.0 Å². The van der Waals surface area contributed by atoms with Crippen molar-refractivity contribution in [1.29, 1.82) is 0 Å². The van der Waals surface area contributed by atoms with E-state index in [9.17, 15) is 19.8 Å². The molecule has 4 N–H and O–H groups in total. The van der Waals surface area contributed by atoms with Crippen molar-refractivity contribution in [1.82, 2.24) is 10.6 Å². The quantitative estimate of drug-likeness (QED) is 0.0707. The third-order valence-electron chi connectivity index (χ3n) is 9.60. The highest BCUT2D eigenvalue weighted by atomic mass is 16.6. The standard InChI is InChI=1S/C36H68N2O6/c1-5-8-9-10-11-12-13-14-15-16-17-18-19-22-32(39)44-35-30(21-7-3)43-31(33(40)34(35)41)23-27(4)25-38-36(42)29-24-28(20-6-2)26-37-29/h27-31,33-35,37,40-41H,5-26H2,1-4H3,(H,38,42). The van der Waals surface area contributed by atoms with E-state index >= 15 is 0 Å². The monoisotopic (exact) mass is 625 g/mol. The third kappa shape index (κ3) is 14.9. The predicted molar refractivity (Wildman–Crippen MR) is 177 cm³/mol. The summed E-state index contributed by atoms with van der Waals surface area (Å²) >= 11 is 0. The first-order valence-electron chi connectivity index (χ1n) is 18.5. The molecular formula is C36H68N2O6. The normalized spacial score (nSPS) is 27.7. The molecule has 0 aromatic carbocycles. The van der Waals surface area contributed by atoms with E-state index in [0.717, 1.165) is 51.5 Å². The number of amides is 1. The number of carbonyl (C=O) groups is 2. The Hall–Kier alpha value is -1.22. The first-order chi connectivity index (χ1) is 21.3. The van der Waals surface area contributed by atoms with Crippen molar-refractivity contribution in [2.24, 2.45) is 11.8 Å². The van der Waals surface area contributed by atoms with E-state index < -0.39 is 30.5 Å². The van der Waals surface area contributed by atoms with Gasteiger partial charge in [0.05, 0.1) is 18.2 Å². The van der Waals surface area contributed by atoms with Gasteiger partial charge in [0.1, 0.15) is 12.2 Å². The van der Waals surface area contributed by atoms with Crippen LogP contribution in [0.4, 0.5) is 0 Å². The van der Waals surface area contributed by atoms with Crippen molar-refractivity contribution >= 4 is 11.9 Å². The fourth-order valence-corrected chi connectivity index (χ4v) is 6.89. The SMILES string of the molecule is CCCCCCCCCCCCCCCC(=O)OC1C(CCC)OC(CC(C)CNC(=O)C2CC(CCC)CN2)C(O)C1O. The summed E-state index contributed by atoms with van der Waals surface area (Å²) in [5.74, 6) is 0.313. The van der Waals surface area contributed by atoms with Crippen molar-refractivity contribution < 1.29 is 29.3 Å². The van der Waals surface area contributed by atoms with E-state index in [-0.39, 0.29) is 23.8 Å². The van der Waals surface area contributed by atoms with Gasteiger partial charge in [-0.05, 0) is 50.5 Å². The molecule has 8 atom stereocenters. The zero-order chi connectivity index (χ0) is 32.2. The van der Waals surface area contributed by atoms with Crippen molar-refractivity contribution in [3.05, 3.63) is 0 Å². The number of nitrogens with one attached hydrogen (secondary N) is 2. The summed E-state index contributed by atoms with van der Waals surface area (Å²) in [5.41, 5.74) is 0. The first kappa shape index (κ1) is 39.0. The minimum Gasteiger partial charge on any atom is -0.457 e. The fourth-order valence-electron chi connectivity index (χ4n) is 6.89. The molecule has 2 aliphatic heterocycles. The summed E-state index contributed by atoms with van der Waals surface area (Å²) in [4.78, 5) is 25.3. The smallest absolute Gasteiger partial charge is 0.306 e. The van der Waals surface area contributed by atoms with Crippen molar-refractivity contribution in [2.45, 2.75) is 193 Å². The maximum Gasteiger partial charge on any atom is 0.306 e. The van der Waals surface area contributed by atoms with Crippen LogP contribution in [0.3, 0.4) is 0 Å². The number of carbonyl (C=O) groups excluding carboxylic acids is 2. The van der Waals surface area contributed by atoms with Crippen LogP contribution < -0.4 is 10.6 Å². The van der Waals surface area contributed by atoms with Crippen LogP contribution in [0.15, 0.2) is 0 Å². The van der Waals surface area contributed by atoms with E-state index in [1.807, 2.05) is 13.8 Å². The molecule has 0 bridgehead atoms. The molecule has 2 aliphatic rings. The van der Waals surface area contributed by atoms with Gasteiger partial charge in [-0.2, -0.15) is 0 Å². The Morgan fingerprint density at radius 2 is 1.41 bits per heavy atom. The molecule has 2 rings (SSSR count). The molecular weight excluding hydrogens is 556 g/mol. The summed E-state index contributed by atoms with van der Waals surface area (Å²) in [7, 11) is 0. The Morgan fingerprint density at radius 3 is 2.00 bits per heavy atom. The number of aliphatic hydroxyl groups is 2. The zero-order valence-electron chi connectivity index (χ0n) is 28.7. The van der Waals surface area contributed by atoms with Crippen LogP contribution in [-0.4, -0.2) is 71.7 Å². The summed E-state index contributed by atoms with van der Waals surface area (Å²) in [6, 6.07) is -0.138. The topological polar surface area (TPSA) is 117 Å². The van der Waals surface area contributed by atoms with E-state index in [0.29, 0.717) is 31.7 Å². The van der Waals surface area contributed by atoms with Crippen LogP contribution in [0.5, 0.6) is 0 Å². The van der Waals surface area contributed by atoms with Gasteiger partial charge in [0.2, 0.25) is 5.91 Å². The van der Waals surface area contributed by atoms with Gasteiger partial charge in [0.15, 0.2) is 6.10 Å². The molecule has 44 heavy (non-hydrogen) atoms. The highest BCUT2D eigenvalue weighted by Crippen LogP contribution is 2.30. The van der Waals surface area contributed by atoms with Gasteiger partial charge < -0.3 is 30.3 Å². The number of hydrogen-bond acceptors (Lipinski definition) is 7. The second-order valence-corrected chi connectivity index (χ2v) is 13.9. The minimum absolute atomic E-state index is 0.0277. The molecule has 0 radical (unpaired) electrons. The Balaban J connectivity index is 1.65. The summed E-state index contributed by atoms with van der Waals surface area (Å²) in [5, 5.41) is 28.3. The minimum atomic E-state index is -1.19. The van der Waals surface area contributed by atoms with Crippen LogP contribution in [0.1, 0.15) is 156 Å². The lowest BCUT2D eigenvalue weighted by molar-refractivity contribution is -0.237. The van der Waals surface area contributed by atoms with E-state index in [2.05, 4.69) is 24.5 Å². The molecule has 0 spiro atoms. The molecule has 0 saturated carbocycles. The van der Waals surface area contributed by atoms with Crippen LogP contribution in [0.25, 0.3) is 0 Å². The highest BCUT2D eigenvalue weighted by molar-refractivity contribution is 5.82. The van der Waals surface area contributed by atoms with E-state index in [1.165, 1.54) is 64.2 Å². The Labute approximate surface area is 269 Å². The molecule has 1 amide bonds. The predicted octanol–water partition coefficient (Wildman–Crippen LogP) is 6.59. The number of ether oxygens (including phenoxy) is 2. The molecule has 2 heterocycles. The summed E-state index contributed by atoms with van der Waals surface area (Å²) in [6.07, 6.45) is 17.4. The zero-order valence-corrected chi connectivity index (χ0v) is 28.7. The molecule has 0 aromatic rings. The number of rotatable bonds is 24. The molecule has 258 valence electrons. The van der Waals surface area contributed by atoms with Gasteiger partial charge >= 0.3 is 5.97 Å². The second kappa shape index (κ2) is 23.2. The number of esters is 1. The second-order valence-electron chi connectivity index (χ2n) is 13.9. The number of hydrogen-bond donors (Lipinski definition) is 4. The van der Waals surface area contributed by atoms with Crippen LogP contribution in [-0.2, 0) is 19.1 Å². The molecule has 8 nitrogen and oxygen atoms in total. The molecule has 0 aromatic heterocycles. The first-order valence-corrected chi connectivity index (χ1v) is 18.5. The van der Waals surface area contributed by atoms with Gasteiger partial charge in [0.25, 0.3) is 0 Å². The molecule has 2 fully saturated rings. The lowest BCUT2D eigenvalue weighted by atomic mass is 9.88. The fraction of sp³-hybridized carbons (Fsp3) is 0.944. The van der Waals surface area contributed by atoms with Crippen LogP contribution in [0, 0.1) is 11.8 Å². The maximum absolute atomic E-state index is 12.7. The van der Waals surface area contributed by atoms with E-state index in [4.69, 9.17) is 9.47 Å². The van der Waals surface area contributed by atoms with Crippen LogP contribution in [0.2, 0.25) is 0 Å². The molecule has 8 heteroatoms. The Kier molecular flexibility index (Phi) is 20.5. The summed E-state index contributed by atoms with van der Waals surface area (Å²) < 4.78 is 12.0. The van der Waals surface area contributed by atoms with Crippen LogP contribution >= 0.6 is 0 Å². The molecule has 8 unspecified atom stereocenters. The third-order valence-corrected chi connectivity index (χ3v) is 9.60. The maximum atomic E-state index is 12.7. The van der Waals surface area contributed by atoms with Gasteiger partial charge in [-0.25, -0.2) is 0 Å². The number of aliphatic hydroxyl groups excluding tert-OH is 2. The average molecular weight is 625 g/mol. The van der Waals surface area contributed by atoms with Crippen molar-refractivity contribution in [2.75, 3.05) is 13.1 Å². The highest BCUT2D eigenvalue weighted by Gasteiger charge is 2.46. The van der Waals surface area contributed by atoms with Crippen molar-refractivity contribution in [3.8, 4) is 0 Å². The van der Waals surface area contributed by atoms with Gasteiger partial charge in [-0.1, -0.05) is 118 Å². The Morgan fingerprint density at radius 1 is 0.818 bits per heavy atom. The lowest BCUT2D eigenvalue weighted by Gasteiger charge is -2.43. The van der Waals surface area contributed by atoms with Gasteiger partial charge in [-0.3, -0.25) is 9.59 Å². The number of unbranched alkanes of at least 4 members (excludes halogenated alkanes) is 12. The van der Waals surface area contributed by atoms with Crippen molar-refractivity contribution in [3.63, 3.8) is 0 Å².